The Balaban J connectivity index is 2.05. The highest BCUT2D eigenvalue weighted by Gasteiger charge is 2.06. The van der Waals surface area contributed by atoms with Crippen LogP contribution < -0.4 is 0 Å². The van der Waals surface area contributed by atoms with Crippen LogP contribution in [0.25, 0.3) is 11.0 Å². The molecule has 0 aliphatic rings. The van der Waals surface area contributed by atoms with Gasteiger partial charge in [0, 0.05) is 17.3 Å². The quantitative estimate of drug-likeness (QED) is 0.883. The molecule has 0 amide bonds. The molecule has 1 N–H and O–H groups in total. The van der Waals surface area contributed by atoms with Gasteiger partial charge >= 0.3 is 5.97 Å². The molecule has 0 unspecified atom stereocenters. The summed E-state index contributed by atoms with van der Waals surface area (Å²) in [5.74, 6) is 0.720. The highest BCUT2D eigenvalue weighted by molar-refractivity contribution is 9.10. The number of methoxy groups -OCH3 is 1. The summed E-state index contributed by atoms with van der Waals surface area (Å²) in [6.45, 7) is 0. The average Bonchev–Trinajstić information content (AvgIpc) is 2.73. The fourth-order valence-electron chi connectivity index (χ4n) is 1.67. The Morgan fingerprint density at radius 2 is 2.35 bits per heavy atom. The minimum absolute atomic E-state index is 0.178. The molecule has 0 atom stereocenters. The molecule has 0 radical (unpaired) electrons. The van der Waals surface area contributed by atoms with Crippen molar-refractivity contribution < 1.29 is 9.53 Å². The lowest BCUT2D eigenvalue weighted by atomic mass is 10.2. The number of hydrogen-bond acceptors (Lipinski definition) is 3. The Morgan fingerprint density at radius 3 is 3.06 bits per heavy atom. The van der Waals surface area contributed by atoms with Gasteiger partial charge in [0.05, 0.1) is 12.6 Å². The maximum absolute atomic E-state index is 11.0. The number of esters is 1. The van der Waals surface area contributed by atoms with Gasteiger partial charge in [-0.05, 0) is 34.5 Å². The number of imidazole rings is 1. The van der Waals surface area contributed by atoms with Gasteiger partial charge in [0.2, 0.25) is 0 Å². The first-order valence-corrected chi connectivity index (χ1v) is 6.20. The number of ether oxygens (including phenoxy) is 1. The van der Waals surface area contributed by atoms with Crippen LogP contribution in [0.15, 0.2) is 22.7 Å². The van der Waals surface area contributed by atoms with Gasteiger partial charge < -0.3 is 9.72 Å². The van der Waals surface area contributed by atoms with Crippen LogP contribution in [0.4, 0.5) is 0 Å². The molecular formula is C12H13BrN2O2. The maximum Gasteiger partial charge on any atom is 0.305 e. The van der Waals surface area contributed by atoms with Crippen LogP contribution in [0.2, 0.25) is 0 Å². The third kappa shape index (κ3) is 2.85. The lowest BCUT2D eigenvalue weighted by molar-refractivity contribution is -0.140. The average molecular weight is 297 g/mol. The van der Waals surface area contributed by atoms with Gasteiger partial charge in [-0.1, -0.05) is 6.07 Å². The van der Waals surface area contributed by atoms with Crippen molar-refractivity contribution in [1.29, 1.82) is 0 Å². The van der Waals surface area contributed by atoms with Gasteiger partial charge in [-0.25, -0.2) is 4.98 Å². The zero-order valence-corrected chi connectivity index (χ0v) is 11.1. The lowest BCUT2D eigenvalue weighted by Gasteiger charge is -1.96. The topological polar surface area (TPSA) is 55.0 Å². The summed E-state index contributed by atoms with van der Waals surface area (Å²) in [5, 5.41) is 0. The fraction of sp³-hybridized carbons (Fsp3) is 0.333. The molecule has 0 aliphatic carbocycles. The van der Waals surface area contributed by atoms with E-state index in [0.29, 0.717) is 6.42 Å². The highest BCUT2D eigenvalue weighted by Crippen LogP contribution is 2.21. The molecule has 1 heterocycles. The first-order chi connectivity index (χ1) is 8.20. The summed E-state index contributed by atoms with van der Waals surface area (Å²) < 4.78 is 5.57. The van der Waals surface area contributed by atoms with E-state index in [1.165, 1.54) is 7.11 Å². The van der Waals surface area contributed by atoms with E-state index in [1.807, 2.05) is 18.2 Å². The summed E-state index contributed by atoms with van der Waals surface area (Å²) in [4.78, 5) is 18.7. The number of hydrogen-bond donors (Lipinski definition) is 1. The van der Waals surface area contributed by atoms with Crippen LogP contribution in [0.1, 0.15) is 18.7 Å². The number of carbonyl (C=O) groups is 1. The van der Waals surface area contributed by atoms with E-state index in [1.54, 1.807) is 0 Å². The molecule has 0 spiro atoms. The van der Waals surface area contributed by atoms with Crippen molar-refractivity contribution in [3.63, 3.8) is 0 Å². The zero-order valence-electron chi connectivity index (χ0n) is 9.50. The van der Waals surface area contributed by atoms with Gasteiger partial charge in [-0.3, -0.25) is 4.79 Å². The molecule has 4 nitrogen and oxygen atoms in total. The number of nitrogens with zero attached hydrogens (tertiary/aromatic N) is 1. The SMILES string of the molecule is COC(=O)CCCc1nc2c(Br)cccc2[nH]1. The molecule has 0 bridgehead atoms. The molecule has 2 aromatic rings. The minimum Gasteiger partial charge on any atom is -0.469 e. The van der Waals surface area contributed by atoms with E-state index in [0.717, 1.165) is 34.2 Å². The van der Waals surface area contributed by atoms with Crippen LogP contribution in [0.3, 0.4) is 0 Å². The number of halogens is 1. The van der Waals surface area contributed by atoms with Crippen molar-refractivity contribution in [1.82, 2.24) is 9.97 Å². The highest BCUT2D eigenvalue weighted by atomic mass is 79.9. The molecular weight excluding hydrogens is 284 g/mol. The second-order valence-electron chi connectivity index (χ2n) is 3.75. The van der Waals surface area contributed by atoms with Gasteiger partial charge in [0.25, 0.3) is 0 Å². The number of aromatic amines is 1. The summed E-state index contributed by atoms with van der Waals surface area (Å²) in [7, 11) is 1.40. The summed E-state index contributed by atoms with van der Waals surface area (Å²) >= 11 is 3.46. The van der Waals surface area contributed by atoms with E-state index in [-0.39, 0.29) is 5.97 Å². The van der Waals surface area contributed by atoms with Crippen LogP contribution in [0.5, 0.6) is 0 Å². The van der Waals surface area contributed by atoms with Gasteiger partial charge in [-0.2, -0.15) is 0 Å². The number of aromatic nitrogens is 2. The number of aryl methyl sites for hydroxylation is 1. The molecule has 0 fully saturated rings. The van der Waals surface area contributed by atoms with Crippen LogP contribution in [-0.2, 0) is 16.0 Å². The molecule has 0 saturated carbocycles. The Bertz CT molecular complexity index is 536. The second-order valence-corrected chi connectivity index (χ2v) is 4.60. The van der Waals surface area contributed by atoms with E-state index in [9.17, 15) is 4.79 Å². The monoisotopic (exact) mass is 296 g/mol. The predicted molar refractivity (Wildman–Crippen MR) is 68.7 cm³/mol. The summed E-state index contributed by atoms with van der Waals surface area (Å²) in [5.41, 5.74) is 1.94. The largest absolute Gasteiger partial charge is 0.469 e. The second kappa shape index (κ2) is 5.31. The van der Waals surface area contributed by atoms with Gasteiger partial charge in [0.15, 0.2) is 0 Å². The lowest BCUT2D eigenvalue weighted by Crippen LogP contribution is -2.01. The van der Waals surface area contributed by atoms with Crippen LogP contribution >= 0.6 is 15.9 Å². The molecule has 0 saturated heterocycles. The molecule has 0 aliphatic heterocycles. The van der Waals surface area contributed by atoms with Crippen molar-refractivity contribution in [2.45, 2.75) is 19.3 Å². The molecule has 5 heteroatoms. The van der Waals surface area contributed by atoms with Crippen molar-refractivity contribution in [2.24, 2.45) is 0 Å². The van der Waals surface area contributed by atoms with Gasteiger partial charge in [-0.15, -0.1) is 0 Å². The number of rotatable bonds is 4. The van der Waals surface area contributed by atoms with E-state index in [4.69, 9.17) is 0 Å². The number of nitrogens with one attached hydrogen (secondary N) is 1. The number of benzene rings is 1. The number of H-pyrrole nitrogens is 1. The Kier molecular flexibility index (Phi) is 3.78. The maximum atomic E-state index is 11.0. The first kappa shape index (κ1) is 12.1. The number of fused-ring (bicyclic) bond motifs is 1. The third-order valence-electron chi connectivity index (χ3n) is 2.53. The van der Waals surface area contributed by atoms with E-state index < -0.39 is 0 Å². The summed E-state index contributed by atoms with van der Waals surface area (Å²) in [6, 6.07) is 5.90. The fourth-order valence-corrected chi connectivity index (χ4v) is 2.12. The van der Waals surface area contributed by atoms with Crippen molar-refractivity contribution >= 4 is 32.9 Å². The van der Waals surface area contributed by atoms with Crippen LogP contribution in [0, 0.1) is 0 Å². The van der Waals surface area contributed by atoms with E-state index >= 15 is 0 Å². The number of para-hydroxylation sites is 1. The van der Waals surface area contributed by atoms with Gasteiger partial charge in [0.1, 0.15) is 11.3 Å². The standard InChI is InChI=1S/C12H13BrN2O2/c1-17-11(16)7-3-6-10-14-9-5-2-4-8(13)12(9)15-10/h2,4-5H,3,6-7H2,1H3,(H,14,15). The summed E-state index contributed by atoms with van der Waals surface area (Å²) in [6.07, 6.45) is 1.91. The smallest absolute Gasteiger partial charge is 0.305 e. The zero-order chi connectivity index (χ0) is 12.3. The third-order valence-corrected chi connectivity index (χ3v) is 3.17. The van der Waals surface area contributed by atoms with Crippen molar-refractivity contribution in [2.75, 3.05) is 7.11 Å². The van der Waals surface area contributed by atoms with Crippen molar-refractivity contribution in [3.05, 3.63) is 28.5 Å². The minimum atomic E-state index is -0.178. The number of carbonyl (C=O) groups excluding carboxylic acids is 1. The molecule has 1 aromatic heterocycles. The molecule has 2 rings (SSSR count). The Morgan fingerprint density at radius 1 is 1.53 bits per heavy atom. The van der Waals surface area contributed by atoms with Crippen LogP contribution in [-0.4, -0.2) is 23.0 Å². The molecule has 90 valence electrons. The Hall–Kier alpha value is -1.36. The predicted octanol–water partition coefficient (Wildman–Crippen LogP) is 2.82. The normalized spacial score (nSPS) is 10.7. The molecule has 17 heavy (non-hydrogen) atoms. The van der Waals surface area contributed by atoms with Crippen molar-refractivity contribution in [3.8, 4) is 0 Å². The first-order valence-electron chi connectivity index (χ1n) is 5.40. The molecule has 1 aromatic carbocycles. The van der Waals surface area contributed by atoms with E-state index in [2.05, 4.69) is 30.6 Å². The Labute approximate surface area is 108 Å².